The molecule has 0 fully saturated rings. The summed E-state index contributed by atoms with van der Waals surface area (Å²) in [5.74, 6) is -3.07. The van der Waals surface area contributed by atoms with Crippen molar-refractivity contribution in [2.24, 2.45) is 0 Å². The Bertz CT molecular complexity index is 1210. The van der Waals surface area contributed by atoms with Crippen LogP contribution in [0.1, 0.15) is 10.6 Å². The number of aromatic nitrogens is 3. The lowest BCUT2D eigenvalue weighted by atomic mass is 10.3. The number of benzene rings is 1. The standard InChI is InChI=1S/C15H6Cl2F5N3O2S2/c16-11-8(29-13(17)24-11)4-28-5-1-2-7(6(18)3-5)25-12(26)9(19)10(15(20,21)22)23-14(25)27/h1-3H,4H2,(H,23,27). The molecule has 154 valence electrons. The molecule has 5 nitrogen and oxygen atoms in total. The fourth-order valence-electron chi connectivity index (χ4n) is 2.23. The van der Waals surface area contributed by atoms with Crippen molar-refractivity contribution in [3.05, 3.63) is 70.9 Å². The highest BCUT2D eigenvalue weighted by atomic mass is 35.5. The van der Waals surface area contributed by atoms with Crippen LogP contribution in [0.25, 0.3) is 5.69 Å². The minimum Gasteiger partial charge on any atom is -0.300 e. The topological polar surface area (TPSA) is 67.8 Å². The normalized spacial score (nSPS) is 11.8. The Morgan fingerprint density at radius 1 is 1.21 bits per heavy atom. The van der Waals surface area contributed by atoms with Crippen molar-refractivity contribution in [3.63, 3.8) is 0 Å². The van der Waals surface area contributed by atoms with Crippen molar-refractivity contribution in [2.45, 2.75) is 16.8 Å². The lowest BCUT2D eigenvalue weighted by Crippen LogP contribution is -2.39. The van der Waals surface area contributed by atoms with Crippen molar-refractivity contribution < 1.29 is 22.0 Å². The molecule has 0 atom stereocenters. The second-order valence-corrected chi connectivity index (χ2v) is 8.41. The van der Waals surface area contributed by atoms with Gasteiger partial charge in [-0.05, 0) is 18.2 Å². The number of halogens is 7. The molecule has 3 rings (SSSR count). The molecule has 1 N–H and O–H groups in total. The van der Waals surface area contributed by atoms with Crippen LogP contribution in [0, 0.1) is 11.6 Å². The van der Waals surface area contributed by atoms with Crippen molar-refractivity contribution in [2.75, 3.05) is 0 Å². The van der Waals surface area contributed by atoms with Gasteiger partial charge in [0, 0.05) is 10.6 Å². The van der Waals surface area contributed by atoms with Gasteiger partial charge < -0.3 is 4.98 Å². The molecule has 0 unspecified atom stereocenters. The van der Waals surface area contributed by atoms with Gasteiger partial charge in [-0.1, -0.05) is 23.2 Å². The van der Waals surface area contributed by atoms with Crippen LogP contribution in [0.5, 0.6) is 0 Å². The minimum atomic E-state index is -5.29. The summed E-state index contributed by atoms with van der Waals surface area (Å²) in [5, 5.41) is 0.197. The summed E-state index contributed by atoms with van der Waals surface area (Å²) < 4.78 is 66.5. The molecule has 0 saturated heterocycles. The molecule has 2 aromatic heterocycles. The van der Waals surface area contributed by atoms with Crippen LogP contribution in [0.2, 0.25) is 9.62 Å². The van der Waals surface area contributed by atoms with Crippen LogP contribution >= 0.6 is 46.3 Å². The predicted octanol–water partition coefficient (Wildman–Crippen LogP) is 4.88. The Kier molecular flexibility index (Phi) is 6.08. The summed E-state index contributed by atoms with van der Waals surface area (Å²) in [4.78, 5) is 29.8. The Labute approximate surface area is 176 Å². The van der Waals surface area contributed by atoms with Crippen molar-refractivity contribution in [1.82, 2.24) is 14.5 Å². The van der Waals surface area contributed by atoms with E-state index in [0.717, 1.165) is 35.2 Å². The lowest BCUT2D eigenvalue weighted by Gasteiger charge is -2.11. The van der Waals surface area contributed by atoms with Crippen LogP contribution in [-0.4, -0.2) is 14.5 Å². The zero-order valence-corrected chi connectivity index (χ0v) is 16.8. The van der Waals surface area contributed by atoms with Crippen molar-refractivity contribution >= 4 is 46.3 Å². The summed E-state index contributed by atoms with van der Waals surface area (Å²) in [6.45, 7) is 0. The van der Waals surface area contributed by atoms with Gasteiger partial charge in [0.05, 0.1) is 10.6 Å². The third-order valence-corrected chi connectivity index (χ3v) is 6.27. The number of rotatable bonds is 4. The Morgan fingerprint density at radius 2 is 1.90 bits per heavy atom. The highest BCUT2D eigenvalue weighted by molar-refractivity contribution is 7.98. The van der Waals surface area contributed by atoms with E-state index in [9.17, 15) is 31.5 Å². The fraction of sp³-hybridized carbons (Fsp3) is 0.133. The SMILES string of the molecule is O=c1[nH]c(C(F)(F)F)c(F)c(=O)n1-c1ccc(SCc2sc(Cl)nc2Cl)cc1F. The zero-order chi connectivity index (χ0) is 21.5. The molecule has 0 aliphatic heterocycles. The smallest absolute Gasteiger partial charge is 0.300 e. The molecule has 0 radical (unpaired) electrons. The van der Waals surface area contributed by atoms with E-state index in [1.807, 2.05) is 0 Å². The highest BCUT2D eigenvalue weighted by Crippen LogP contribution is 2.33. The maximum atomic E-state index is 14.4. The molecule has 29 heavy (non-hydrogen) atoms. The van der Waals surface area contributed by atoms with Crippen LogP contribution in [0.3, 0.4) is 0 Å². The van der Waals surface area contributed by atoms with Gasteiger partial charge in [0.25, 0.3) is 5.56 Å². The van der Waals surface area contributed by atoms with E-state index in [1.54, 1.807) is 0 Å². The Hall–Kier alpha value is -1.89. The van der Waals surface area contributed by atoms with Gasteiger partial charge in [0.1, 0.15) is 11.0 Å². The number of nitrogens with one attached hydrogen (secondary N) is 1. The summed E-state index contributed by atoms with van der Waals surface area (Å²) in [6.07, 6.45) is -5.29. The second-order valence-electron chi connectivity index (χ2n) is 5.34. The van der Waals surface area contributed by atoms with Gasteiger partial charge in [0.2, 0.25) is 5.82 Å². The Morgan fingerprint density at radius 3 is 2.45 bits per heavy atom. The molecule has 1 aromatic carbocycles. The van der Waals surface area contributed by atoms with Crippen LogP contribution in [0.4, 0.5) is 22.0 Å². The van der Waals surface area contributed by atoms with Gasteiger partial charge in [-0.2, -0.15) is 17.6 Å². The van der Waals surface area contributed by atoms with Gasteiger partial charge in [0.15, 0.2) is 10.2 Å². The molecular formula is C15H6Cl2F5N3O2S2. The van der Waals surface area contributed by atoms with Gasteiger partial charge in [-0.25, -0.2) is 18.7 Å². The zero-order valence-electron chi connectivity index (χ0n) is 13.6. The van der Waals surface area contributed by atoms with Crippen LogP contribution in [0.15, 0.2) is 32.7 Å². The lowest BCUT2D eigenvalue weighted by molar-refractivity contribution is -0.144. The first-order chi connectivity index (χ1) is 13.5. The third kappa shape index (κ3) is 4.49. The molecule has 0 aliphatic rings. The molecule has 2 heterocycles. The number of hydrogen-bond donors (Lipinski definition) is 1. The number of alkyl halides is 3. The number of thioether (sulfide) groups is 1. The molecular weight excluding hydrogens is 484 g/mol. The third-order valence-electron chi connectivity index (χ3n) is 3.48. The van der Waals surface area contributed by atoms with Gasteiger partial charge >= 0.3 is 11.9 Å². The molecule has 0 bridgehead atoms. The van der Waals surface area contributed by atoms with Gasteiger partial charge in [-0.3, -0.25) is 4.79 Å². The van der Waals surface area contributed by atoms with Gasteiger partial charge in [-0.15, -0.1) is 23.1 Å². The molecule has 0 amide bonds. The monoisotopic (exact) mass is 489 g/mol. The van der Waals surface area contributed by atoms with Crippen molar-refractivity contribution in [3.8, 4) is 5.69 Å². The summed E-state index contributed by atoms with van der Waals surface area (Å²) >= 11 is 13.9. The summed E-state index contributed by atoms with van der Waals surface area (Å²) in [6, 6.07) is 3.22. The van der Waals surface area contributed by atoms with E-state index < -0.39 is 40.4 Å². The fourth-order valence-corrected chi connectivity index (χ4v) is 4.70. The van der Waals surface area contributed by atoms with Crippen LogP contribution < -0.4 is 11.2 Å². The molecule has 0 saturated carbocycles. The first-order valence-electron chi connectivity index (χ1n) is 7.34. The van der Waals surface area contributed by atoms with E-state index in [4.69, 9.17) is 23.2 Å². The first kappa shape index (κ1) is 21.8. The summed E-state index contributed by atoms with van der Waals surface area (Å²) in [7, 11) is 0. The average molecular weight is 490 g/mol. The molecule has 3 aromatic rings. The van der Waals surface area contributed by atoms with Crippen molar-refractivity contribution in [1.29, 1.82) is 0 Å². The van der Waals surface area contributed by atoms with E-state index in [2.05, 4.69) is 4.98 Å². The van der Waals surface area contributed by atoms with E-state index in [-0.39, 0.29) is 19.9 Å². The van der Waals surface area contributed by atoms with E-state index >= 15 is 0 Å². The number of aromatic amines is 1. The predicted molar refractivity (Wildman–Crippen MR) is 99.3 cm³/mol. The highest BCUT2D eigenvalue weighted by Gasteiger charge is 2.38. The van der Waals surface area contributed by atoms with Crippen LogP contribution in [-0.2, 0) is 11.9 Å². The average Bonchev–Trinajstić information content (AvgIpc) is 2.94. The minimum absolute atomic E-state index is 0.0474. The number of hydrogen-bond acceptors (Lipinski definition) is 5. The maximum absolute atomic E-state index is 14.4. The Balaban J connectivity index is 1.95. The number of H-pyrrole nitrogens is 1. The second kappa shape index (κ2) is 8.09. The molecule has 0 aliphatic carbocycles. The maximum Gasteiger partial charge on any atom is 0.434 e. The quantitative estimate of drug-likeness (QED) is 0.419. The largest absolute Gasteiger partial charge is 0.434 e. The number of thiazole rings is 1. The summed E-state index contributed by atoms with van der Waals surface area (Å²) in [5.41, 5.74) is -6.39. The number of nitrogens with zero attached hydrogens (tertiary/aromatic N) is 2. The van der Waals surface area contributed by atoms with E-state index in [1.165, 1.54) is 11.1 Å². The first-order valence-corrected chi connectivity index (χ1v) is 9.90. The molecule has 0 spiro atoms. The molecule has 14 heteroatoms. The van der Waals surface area contributed by atoms with E-state index in [0.29, 0.717) is 9.77 Å².